The number of anilines is 1. The molecule has 0 bridgehead atoms. The van der Waals surface area contributed by atoms with E-state index in [1.54, 1.807) is 6.07 Å². The highest BCUT2D eigenvalue weighted by atomic mass is 16.2. The van der Waals surface area contributed by atoms with Crippen molar-refractivity contribution in [2.45, 2.75) is 31.7 Å². The van der Waals surface area contributed by atoms with E-state index in [9.17, 15) is 4.79 Å². The van der Waals surface area contributed by atoms with E-state index in [1.165, 1.54) is 19.3 Å². The van der Waals surface area contributed by atoms with Gasteiger partial charge in [0.25, 0.3) is 0 Å². The maximum atomic E-state index is 12.1. The lowest BCUT2D eigenvalue weighted by atomic mass is 9.95. The first-order valence-corrected chi connectivity index (χ1v) is 6.63. The summed E-state index contributed by atoms with van der Waals surface area (Å²) in [5.74, 6) is 0.113. The molecule has 0 aliphatic carbocycles. The molecule has 4 heteroatoms. The fourth-order valence-corrected chi connectivity index (χ4v) is 2.93. The van der Waals surface area contributed by atoms with Crippen LogP contribution in [0.5, 0.6) is 0 Å². The summed E-state index contributed by atoms with van der Waals surface area (Å²) < 4.78 is 0. The highest BCUT2D eigenvalue weighted by Crippen LogP contribution is 2.28. The number of carbonyl (C=O) groups is 1. The third-order valence-electron chi connectivity index (χ3n) is 3.91. The third-order valence-corrected chi connectivity index (χ3v) is 3.91. The van der Waals surface area contributed by atoms with Crippen LogP contribution in [-0.2, 0) is 11.2 Å². The number of likely N-dealkylation sites (tertiary alicyclic amines) is 1. The Morgan fingerprint density at radius 3 is 2.78 bits per heavy atom. The van der Waals surface area contributed by atoms with Crippen LogP contribution in [0.1, 0.15) is 24.8 Å². The zero-order chi connectivity index (χ0) is 12.5. The Labute approximate surface area is 107 Å². The summed E-state index contributed by atoms with van der Waals surface area (Å²) in [5, 5.41) is 2.97. The van der Waals surface area contributed by atoms with Gasteiger partial charge in [0.05, 0.1) is 11.7 Å². The number of carbonyl (C=O) groups excluding carboxylic acids is 1. The first kappa shape index (κ1) is 11.5. The number of rotatable bonds is 1. The van der Waals surface area contributed by atoms with E-state index in [-0.39, 0.29) is 11.9 Å². The van der Waals surface area contributed by atoms with Gasteiger partial charge in [-0.15, -0.1) is 0 Å². The van der Waals surface area contributed by atoms with Crippen molar-refractivity contribution in [1.82, 2.24) is 10.6 Å². The van der Waals surface area contributed by atoms with Gasteiger partial charge in [-0.3, -0.25) is 9.69 Å². The molecule has 4 nitrogen and oxygen atoms in total. The van der Waals surface area contributed by atoms with Crippen LogP contribution in [0.2, 0.25) is 0 Å². The van der Waals surface area contributed by atoms with Crippen molar-refractivity contribution in [2.24, 2.45) is 0 Å². The summed E-state index contributed by atoms with van der Waals surface area (Å²) in [6.07, 6.45) is 4.40. The lowest BCUT2D eigenvalue weighted by Gasteiger charge is -2.36. The lowest BCUT2D eigenvalue weighted by Crippen LogP contribution is -2.49. The first-order valence-electron chi connectivity index (χ1n) is 6.63. The first-order chi connectivity index (χ1) is 8.74. The zero-order valence-electron chi connectivity index (χ0n) is 10.4. The summed E-state index contributed by atoms with van der Waals surface area (Å²) in [6, 6.07) is 5.38. The van der Waals surface area contributed by atoms with Crippen molar-refractivity contribution in [1.29, 1.82) is 0 Å². The van der Waals surface area contributed by atoms with E-state index in [4.69, 9.17) is 5.73 Å². The number of hydrogen-bond acceptors (Lipinski definition) is 2. The minimum absolute atomic E-state index is 0.0420. The largest absolute Gasteiger partial charge is 0.324 e. The van der Waals surface area contributed by atoms with Crippen molar-refractivity contribution < 1.29 is 4.79 Å². The fourth-order valence-electron chi connectivity index (χ4n) is 2.93. The summed E-state index contributed by atoms with van der Waals surface area (Å²) in [7, 11) is 0. The van der Waals surface area contributed by atoms with Crippen molar-refractivity contribution in [3.63, 3.8) is 0 Å². The van der Waals surface area contributed by atoms with Crippen LogP contribution in [0.25, 0.3) is 0 Å². The molecule has 95 valence electrons. The Morgan fingerprint density at radius 2 is 2.00 bits per heavy atom. The quantitative estimate of drug-likeness (QED) is 0.821. The number of hydrogen-bond donors (Lipinski definition) is 1. The average Bonchev–Trinajstić information content (AvgIpc) is 2.39. The summed E-state index contributed by atoms with van der Waals surface area (Å²) in [6.45, 7) is 2.04. The molecule has 1 atom stereocenters. The normalized spacial score (nSPS) is 24.4. The number of nitrogens with one attached hydrogen (secondary N) is 2. The van der Waals surface area contributed by atoms with Crippen LogP contribution in [-0.4, -0.2) is 29.9 Å². The second-order valence-electron chi connectivity index (χ2n) is 5.18. The highest BCUT2D eigenvalue weighted by Gasteiger charge is 2.31. The predicted octanol–water partition coefficient (Wildman–Crippen LogP) is 1.95. The van der Waals surface area contributed by atoms with Crippen LogP contribution in [0.3, 0.4) is 0 Å². The van der Waals surface area contributed by atoms with Gasteiger partial charge in [0.1, 0.15) is 0 Å². The van der Waals surface area contributed by atoms with E-state index in [0.717, 1.165) is 30.8 Å². The molecule has 1 aromatic rings. The Bertz CT molecular complexity index is 466. The van der Waals surface area contributed by atoms with E-state index < -0.39 is 0 Å². The molecule has 1 saturated heterocycles. The maximum Gasteiger partial charge on any atom is 0.242 e. The molecule has 18 heavy (non-hydrogen) atoms. The molecule has 0 saturated carbocycles. The Morgan fingerprint density at radius 1 is 1.22 bits per heavy atom. The molecular formula is C14H18N3O. The standard InChI is InChI=1S/C14H18N3O/c15-11-4-5-12-10(8-11)9-13(14(18)16-12)17-6-2-1-3-7-17/h4-5,8,13,15H,1-3,6-7,9H2,(H,16,18). The molecule has 2 aliphatic rings. The van der Waals surface area contributed by atoms with Crippen molar-refractivity contribution in [2.75, 3.05) is 18.4 Å². The summed E-state index contributed by atoms with van der Waals surface area (Å²) in [5.41, 5.74) is 10.2. The molecule has 0 spiro atoms. The second kappa shape index (κ2) is 4.61. The second-order valence-corrected chi connectivity index (χ2v) is 5.18. The van der Waals surface area contributed by atoms with Crippen LogP contribution >= 0.6 is 0 Å². The minimum Gasteiger partial charge on any atom is -0.324 e. The minimum atomic E-state index is -0.0420. The number of piperidine rings is 1. The van der Waals surface area contributed by atoms with Gasteiger partial charge >= 0.3 is 0 Å². The number of nitrogens with zero attached hydrogens (tertiary/aromatic N) is 1. The molecule has 2 heterocycles. The van der Waals surface area contributed by atoms with E-state index in [2.05, 4.69) is 10.2 Å². The van der Waals surface area contributed by atoms with Crippen LogP contribution in [0, 0.1) is 0 Å². The van der Waals surface area contributed by atoms with Gasteiger partial charge in [0.2, 0.25) is 5.91 Å². The van der Waals surface area contributed by atoms with Gasteiger partial charge in [-0.2, -0.15) is 0 Å². The molecule has 3 rings (SSSR count). The topological polar surface area (TPSA) is 56.1 Å². The number of benzene rings is 1. The van der Waals surface area contributed by atoms with Gasteiger partial charge in [-0.05, 0) is 56.1 Å². The Hall–Kier alpha value is -1.55. The summed E-state index contributed by atoms with van der Waals surface area (Å²) in [4.78, 5) is 14.4. The van der Waals surface area contributed by atoms with Crippen LogP contribution in [0.4, 0.5) is 11.4 Å². The van der Waals surface area contributed by atoms with Gasteiger partial charge in [0.15, 0.2) is 0 Å². The molecule has 1 fully saturated rings. The Kier molecular flexibility index (Phi) is 2.96. The Balaban J connectivity index is 1.83. The third kappa shape index (κ3) is 2.08. The van der Waals surface area contributed by atoms with Gasteiger partial charge in [-0.1, -0.05) is 6.42 Å². The lowest BCUT2D eigenvalue weighted by molar-refractivity contribution is -0.122. The van der Waals surface area contributed by atoms with Crippen molar-refractivity contribution >= 4 is 17.3 Å². The molecule has 1 unspecified atom stereocenters. The smallest absolute Gasteiger partial charge is 0.242 e. The zero-order valence-corrected chi connectivity index (χ0v) is 10.4. The molecule has 1 amide bonds. The monoisotopic (exact) mass is 244 g/mol. The summed E-state index contributed by atoms with van der Waals surface area (Å²) >= 11 is 0. The maximum absolute atomic E-state index is 12.1. The SMILES string of the molecule is [NH]c1ccc2c(c1)CC(N1CCCCC1)C(=O)N2. The highest BCUT2D eigenvalue weighted by molar-refractivity contribution is 5.98. The molecule has 2 N–H and O–H groups in total. The number of fused-ring (bicyclic) bond motifs is 1. The molecule has 0 aromatic heterocycles. The predicted molar refractivity (Wildman–Crippen MR) is 70.7 cm³/mol. The van der Waals surface area contributed by atoms with Gasteiger partial charge in [-0.25, -0.2) is 0 Å². The number of amides is 1. The van der Waals surface area contributed by atoms with Crippen molar-refractivity contribution in [3.8, 4) is 0 Å². The van der Waals surface area contributed by atoms with Crippen LogP contribution < -0.4 is 11.1 Å². The van der Waals surface area contributed by atoms with Crippen LogP contribution in [0.15, 0.2) is 18.2 Å². The average molecular weight is 244 g/mol. The molecule has 1 radical (unpaired) electrons. The fraction of sp³-hybridized carbons (Fsp3) is 0.500. The van der Waals surface area contributed by atoms with E-state index in [1.807, 2.05) is 12.1 Å². The molecule has 1 aromatic carbocycles. The molecular weight excluding hydrogens is 226 g/mol. The van der Waals surface area contributed by atoms with E-state index >= 15 is 0 Å². The van der Waals surface area contributed by atoms with E-state index in [0.29, 0.717) is 5.69 Å². The van der Waals surface area contributed by atoms with Crippen molar-refractivity contribution in [3.05, 3.63) is 23.8 Å². The van der Waals surface area contributed by atoms with Gasteiger partial charge < -0.3 is 11.1 Å². The van der Waals surface area contributed by atoms with Gasteiger partial charge in [0, 0.05) is 5.69 Å². The molecule has 2 aliphatic heterocycles.